The maximum Gasteiger partial charge on any atom is 0.274 e. The first-order valence-electron chi connectivity index (χ1n) is 8.68. The first-order chi connectivity index (χ1) is 12.9. The molecule has 1 unspecified atom stereocenters. The summed E-state index contributed by atoms with van der Waals surface area (Å²) in [5.74, 6) is -0.803. The Morgan fingerprint density at radius 2 is 1.81 bits per heavy atom. The Labute approximate surface area is 157 Å². The fourth-order valence-electron chi connectivity index (χ4n) is 3.07. The molecule has 3 rings (SSSR count). The van der Waals surface area contributed by atoms with Crippen LogP contribution >= 0.6 is 0 Å². The molecule has 2 aromatic rings. The number of carbonyl (C=O) groups is 2. The summed E-state index contributed by atoms with van der Waals surface area (Å²) in [7, 11) is 3.32. The van der Waals surface area contributed by atoms with Crippen molar-refractivity contribution in [2.45, 2.75) is 13.0 Å². The lowest BCUT2D eigenvalue weighted by atomic mass is 10.1. The predicted molar refractivity (Wildman–Crippen MR) is 98.9 cm³/mol. The van der Waals surface area contributed by atoms with Crippen molar-refractivity contribution < 1.29 is 14.0 Å². The van der Waals surface area contributed by atoms with Gasteiger partial charge in [-0.15, -0.1) is 0 Å². The van der Waals surface area contributed by atoms with Crippen LogP contribution < -0.4 is 4.90 Å². The number of hydrogen-bond donors (Lipinski definition) is 0. The predicted octanol–water partition coefficient (Wildman–Crippen LogP) is 1.34. The Kier molecular flexibility index (Phi) is 5.34. The van der Waals surface area contributed by atoms with Gasteiger partial charge < -0.3 is 14.7 Å². The lowest BCUT2D eigenvalue weighted by Crippen LogP contribution is -2.60. The molecule has 2 amide bonds. The number of anilines is 1. The van der Waals surface area contributed by atoms with Gasteiger partial charge in [0.05, 0.1) is 11.9 Å². The van der Waals surface area contributed by atoms with Crippen LogP contribution in [0.2, 0.25) is 0 Å². The summed E-state index contributed by atoms with van der Waals surface area (Å²) >= 11 is 0. The highest BCUT2D eigenvalue weighted by Gasteiger charge is 2.37. The second-order valence-electron chi connectivity index (χ2n) is 6.71. The van der Waals surface area contributed by atoms with Crippen LogP contribution in [0.15, 0.2) is 36.7 Å². The lowest BCUT2D eigenvalue weighted by Gasteiger charge is -2.42. The van der Waals surface area contributed by atoms with E-state index in [9.17, 15) is 14.0 Å². The Bertz CT molecular complexity index is 823. The molecule has 1 aromatic heterocycles. The highest BCUT2D eigenvalue weighted by molar-refractivity contribution is 5.96. The molecular weight excluding hydrogens is 349 g/mol. The molecule has 27 heavy (non-hydrogen) atoms. The van der Waals surface area contributed by atoms with E-state index in [4.69, 9.17) is 0 Å². The number of amides is 2. The number of benzene rings is 1. The first-order valence-corrected chi connectivity index (χ1v) is 8.68. The summed E-state index contributed by atoms with van der Waals surface area (Å²) in [6.45, 7) is 3.01. The van der Waals surface area contributed by atoms with Crippen LogP contribution in [0.4, 0.5) is 10.1 Å². The summed E-state index contributed by atoms with van der Waals surface area (Å²) in [4.78, 5) is 38.9. The van der Waals surface area contributed by atoms with Crippen molar-refractivity contribution in [2.75, 3.05) is 38.6 Å². The van der Waals surface area contributed by atoms with Crippen LogP contribution in [-0.4, -0.2) is 71.4 Å². The van der Waals surface area contributed by atoms with Gasteiger partial charge in [0.25, 0.3) is 5.91 Å². The van der Waals surface area contributed by atoms with Crippen molar-refractivity contribution in [1.82, 2.24) is 19.8 Å². The Balaban J connectivity index is 1.85. The minimum Gasteiger partial charge on any atom is -0.367 e. The summed E-state index contributed by atoms with van der Waals surface area (Å²) in [5, 5.41) is 0. The van der Waals surface area contributed by atoms with Crippen LogP contribution in [0, 0.1) is 12.7 Å². The van der Waals surface area contributed by atoms with E-state index in [0.29, 0.717) is 25.3 Å². The monoisotopic (exact) mass is 371 g/mol. The maximum absolute atomic E-state index is 13.2. The van der Waals surface area contributed by atoms with Crippen molar-refractivity contribution in [3.8, 4) is 0 Å². The van der Waals surface area contributed by atoms with Gasteiger partial charge in [0, 0.05) is 45.6 Å². The second kappa shape index (κ2) is 7.69. The van der Waals surface area contributed by atoms with Crippen LogP contribution in [0.5, 0.6) is 0 Å². The molecule has 1 fully saturated rings. The fourth-order valence-corrected chi connectivity index (χ4v) is 3.07. The molecule has 2 heterocycles. The van der Waals surface area contributed by atoms with Gasteiger partial charge in [-0.25, -0.2) is 9.37 Å². The minimum absolute atomic E-state index is 0.171. The van der Waals surface area contributed by atoms with Gasteiger partial charge in [0.2, 0.25) is 5.91 Å². The summed E-state index contributed by atoms with van der Waals surface area (Å²) < 4.78 is 13.2. The number of piperazine rings is 1. The molecule has 142 valence electrons. The number of rotatable bonds is 3. The van der Waals surface area contributed by atoms with Gasteiger partial charge in [0.1, 0.15) is 17.6 Å². The van der Waals surface area contributed by atoms with Crippen LogP contribution in [0.1, 0.15) is 16.2 Å². The molecule has 1 aliphatic rings. The van der Waals surface area contributed by atoms with Crippen molar-refractivity contribution in [3.05, 3.63) is 53.9 Å². The molecule has 0 radical (unpaired) electrons. The van der Waals surface area contributed by atoms with Crippen LogP contribution in [0.25, 0.3) is 0 Å². The number of halogens is 1. The molecule has 0 bridgehead atoms. The number of hydrogen-bond acceptors (Lipinski definition) is 5. The highest BCUT2D eigenvalue weighted by Crippen LogP contribution is 2.21. The van der Waals surface area contributed by atoms with Crippen LogP contribution in [-0.2, 0) is 4.79 Å². The number of nitrogens with zero attached hydrogens (tertiary/aromatic N) is 5. The average molecular weight is 371 g/mol. The SMILES string of the molecule is Cc1cnc(C(=O)N2CCN(c3ccc(F)cc3)CC2C(=O)N(C)C)cn1. The van der Waals surface area contributed by atoms with Crippen molar-refractivity contribution in [3.63, 3.8) is 0 Å². The lowest BCUT2D eigenvalue weighted by molar-refractivity contribution is -0.133. The van der Waals surface area contributed by atoms with Crippen molar-refractivity contribution in [2.24, 2.45) is 0 Å². The van der Waals surface area contributed by atoms with E-state index in [1.165, 1.54) is 29.4 Å². The van der Waals surface area contributed by atoms with Gasteiger partial charge in [-0.3, -0.25) is 14.6 Å². The molecule has 8 heteroatoms. The first kappa shape index (κ1) is 18.8. The van der Waals surface area contributed by atoms with E-state index in [0.717, 1.165) is 5.69 Å². The molecule has 7 nitrogen and oxygen atoms in total. The van der Waals surface area contributed by atoms with E-state index in [2.05, 4.69) is 9.97 Å². The van der Waals surface area contributed by atoms with Gasteiger partial charge in [0.15, 0.2) is 0 Å². The zero-order chi connectivity index (χ0) is 19.6. The number of aryl methyl sites for hydroxylation is 1. The average Bonchev–Trinajstić information content (AvgIpc) is 2.67. The second-order valence-corrected chi connectivity index (χ2v) is 6.71. The Morgan fingerprint density at radius 1 is 1.11 bits per heavy atom. The molecular formula is C19H22FN5O2. The van der Waals surface area contributed by atoms with Crippen LogP contribution in [0.3, 0.4) is 0 Å². The number of aromatic nitrogens is 2. The number of carbonyl (C=O) groups excluding carboxylic acids is 2. The Hall–Kier alpha value is -3.03. The topological polar surface area (TPSA) is 69.6 Å². The maximum atomic E-state index is 13.2. The van der Waals surface area contributed by atoms with E-state index in [1.54, 1.807) is 38.1 Å². The molecule has 1 aromatic carbocycles. The largest absolute Gasteiger partial charge is 0.367 e. The summed E-state index contributed by atoms with van der Waals surface area (Å²) in [6.07, 6.45) is 2.96. The zero-order valence-corrected chi connectivity index (χ0v) is 15.6. The van der Waals surface area contributed by atoms with E-state index < -0.39 is 6.04 Å². The molecule has 0 aliphatic carbocycles. The molecule has 1 saturated heterocycles. The smallest absolute Gasteiger partial charge is 0.274 e. The third kappa shape index (κ3) is 4.05. The standard InChI is InChI=1S/C19H22FN5O2/c1-13-10-22-16(11-21-13)18(26)25-9-8-24(12-17(25)19(27)23(2)3)15-6-4-14(20)5-7-15/h4-7,10-11,17H,8-9,12H2,1-3H3. The molecule has 0 saturated carbocycles. The molecule has 0 spiro atoms. The molecule has 1 atom stereocenters. The van der Waals surface area contributed by atoms with E-state index >= 15 is 0 Å². The quantitative estimate of drug-likeness (QED) is 0.815. The van der Waals surface area contributed by atoms with E-state index in [-0.39, 0.29) is 23.3 Å². The fraction of sp³-hybridized carbons (Fsp3) is 0.368. The van der Waals surface area contributed by atoms with Crippen molar-refractivity contribution >= 4 is 17.5 Å². The highest BCUT2D eigenvalue weighted by atomic mass is 19.1. The Morgan fingerprint density at radius 3 is 2.41 bits per heavy atom. The zero-order valence-electron chi connectivity index (χ0n) is 15.6. The van der Waals surface area contributed by atoms with E-state index in [1.807, 2.05) is 4.90 Å². The summed E-state index contributed by atoms with van der Waals surface area (Å²) in [5.41, 5.74) is 1.75. The van der Waals surface area contributed by atoms with Crippen molar-refractivity contribution in [1.29, 1.82) is 0 Å². The van der Waals surface area contributed by atoms with Gasteiger partial charge in [-0.1, -0.05) is 0 Å². The minimum atomic E-state index is -0.658. The number of likely N-dealkylation sites (N-methyl/N-ethyl adjacent to an activating group) is 1. The van der Waals surface area contributed by atoms with Gasteiger partial charge in [-0.2, -0.15) is 0 Å². The third-order valence-corrected chi connectivity index (χ3v) is 4.56. The summed E-state index contributed by atoms with van der Waals surface area (Å²) in [6, 6.07) is 5.47. The van der Waals surface area contributed by atoms with Gasteiger partial charge >= 0.3 is 0 Å². The van der Waals surface area contributed by atoms with Gasteiger partial charge in [-0.05, 0) is 31.2 Å². The third-order valence-electron chi connectivity index (χ3n) is 4.56. The normalized spacial score (nSPS) is 17.0. The molecule has 1 aliphatic heterocycles. The molecule has 0 N–H and O–H groups in total.